The Kier molecular flexibility index (Phi) is 7.18. The molecule has 1 heterocycles. The van der Waals surface area contributed by atoms with Crippen LogP contribution in [0.15, 0.2) is 77.7 Å². The second kappa shape index (κ2) is 10.3. The molecule has 1 N–H and O–H groups in total. The van der Waals surface area contributed by atoms with Gasteiger partial charge in [-0.1, -0.05) is 30.3 Å². The number of hydrogen-bond donors (Lipinski definition) is 1. The number of carbonyl (C=O) groups excluding carboxylic acids is 2. The number of sulfonamides is 1. The van der Waals surface area contributed by atoms with Gasteiger partial charge in [0.15, 0.2) is 0 Å². The Labute approximate surface area is 204 Å². The van der Waals surface area contributed by atoms with Gasteiger partial charge in [-0.2, -0.15) is 4.31 Å². The van der Waals surface area contributed by atoms with Crippen molar-refractivity contribution in [2.24, 2.45) is 0 Å². The van der Waals surface area contributed by atoms with Crippen molar-refractivity contribution in [2.75, 3.05) is 19.0 Å². The molecule has 0 saturated carbocycles. The first kappa shape index (κ1) is 24.4. The standard InChI is InChI=1S/C26H26N2O6S/c1-3-34-26(30)19-9-6-10-21(15-19)27-25(29)24-16-18-7-4-5-8-20(18)17-28(24)35(31,32)23-13-11-22(33-2)12-14-23/h4-15,24H,3,16-17H2,1-2H3,(H,27,29)/t24-/m1/s1. The van der Waals surface area contributed by atoms with Gasteiger partial charge in [-0.25, -0.2) is 13.2 Å². The topological polar surface area (TPSA) is 102 Å². The number of rotatable bonds is 7. The Balaban J connectivity index is 1.66. The molecule has 8 nitrogen and oxygen atoms in total. The van der Waals surface area contributed by atoms with Gasteiger partial charge in [0, 0.05) is 12.2 Å². The van der Waals surface area contributed by atoms with Gasteiger partial charge in [-0.05, 0) is 66.9 Å². The summed E-state index contributed by atoms with van der Waals surface area (Å²) < 4.78 is 38.6. The Morgan fingerprint density at radius 2 is 1.71 bits per heavy atom. The number of benzene rings is 3. The highest BCUT2D eigenvalue weighted by Crippen LogP contribution is 2.30. The normalized spacial score (nSPS) is 15.7. The van der Waals surface area contributed by atoms with Crippen LogP contribution in [0.3, 0.4) is 0 Å². The molecule has 0 fully saturated rings. The van der Waals surface area contributed by atoms with Crippen LogP contribution in [0.4, 0.5) is 5.69 Å². The molecule has 4 rings (SSSR count). The fourth-order valence-corrected chi connectivity index (χ4v) is 5.59. The van der Waals surface area contributed by atoms with Crippen LogP contribution >= 0.6 is 0 Å². The smallest absolute Gasteiger partial charge is 0.338 e. The summed E-state index contributed by atoms with van der Waals surface area (Å²) in [6.07, 6.45) is 0.217. The van der Waals surface area contributed by atoms with Gasteiger partial charge in [0.2, 0.25) is 15.9 Å². The molecule has 9 heteroatoms. The molecule has 0 saturated heterocycles. The number of esters is 1. The number of methoxy groups -OCH3 is 1. The molecule has 3 aromatic carbocycles. The first-order valence-electron chi connectivity index (χ1n) is 11.1. The third-order valence-corrected chi connectivity index (χ3v) is 7.68. The van der Waals surface area contributed by atoms with Crippen molar-refractivity contribution in [3.8, 4) is 5.75 Å². The van der Waals surface area contributed by atoms with E-state index in [1.807, 2.05) is 24.3 Å². The number of fused-ring (bicyclic) bond motifs is 1. The van der Waals surface area contributed by atoms with Crippen molar-refractivity contribution in [1.29, 1.82) is 0 Å². The average molecular weight is 495 g/mol. The predicted octanol–water partition coefficient (Wildman–Crippen LogP) is 3.63. The lowest BCUT2D eigenvalue weighted by Crippen LogP contribution is -2.50. The van der Waals surface area contributed by atoms with E-state index in [1.54, 1.807) is 37.3 Å². The van der Waals surface area contributed by atoms with Crippen LogP contribution < -0.4 is 10.1 Å². The van der Waals surface area contributed by atoms with E-state index in [9.17, 15) is 18.0 Å². The van der Waals surface area contributed by atoms with Crippen molar-refractivity contribution in [3.63, 3.8) is 0 Å². The highest BCUT2D eigenvalue weighted by atomic mass is 32.2. The van der Waals surface area contributed by atoms with Crippen molar-refractivity contribution < 1.29 is 27.5 Å². The first-order chi connectivity index (χ1) is 16.8. The first-order valence-corrected chi connectivity index (χ1v) is 12.6. The van der Waals surface area contributed by atoms with Gasteiger partial charge < -0.3 is 14.8 Å². The molecule has 35 heavy (non-hydrogen) atoms. The Bertz CT molecular complexity index is 1340. The van der Waals surface area contributed by atoms with Gasteiger partial charge in [-0.3, -0.25) is 4.79 Å². The molecule has 3 aromatic rings. The van der Waals surface area contributed by atoms with Gasteiger partial charge in [0.05, 0.1) is 24.2 Å². The summed E-state index contributed by atoms with van der Waals surface area (Å²) in [4.78, 5) is 25.6. The van der Waals surface area contributed by atoms with E-state index in [2.05, 4.69) is 5.32 Å². The fraction of sp³-hybridized carbons (Fsp3) is 0.231. The lowest BCUT2D eigenvalue weighted by molar-refractivity contribution is -0.120. The third-order valence-electron chi connectivity index (χ3n) is 5.82. The van der Waals surface area contributed by atoms with Crippen molar-refractivity contribution in [3.05, 3.63) is 89.5 Å². The number of hydrogen-bond acceptors (Lipinski definition) is 6. The van der Waals surface area contributed by atoms with Crippen LogP contribution in [0.5, 0.6) is 5.75 Å². The molecular formula is C26H26N2O6S. The minimum atomic E-state index is -4.00. The summed E-state index contributed by atoms with van der Waals surface area (Å²) in [6, 6.07) is 18.9. The number of anilines is 1. The molecule has 0 aromatic heterocycles. The summed E-state index contributed by atoms with van der Waals surface area (Å²) in [5.41, 5.74) is 2.43. The SMILES string of the molecule is CCOC(=O)c1cccc(NC(=O)[C@H]2Cc3ccccc3CN2S(=O)(=O)c2ccc(OC)cc2)c1. The molecule has 0 radical (unpaired) electrons. The summed E-state index contributed by atoms with van der Waals surface area (Å²) >= 11 is 0. The van der Waals surface area contributed by atoms with Crippen LogP contribution in [0, 0.1) is 0 Å². The lowest BCUT2D eigenvalue weighted by Gasteiger charge is -2.35. The van der Waals surface area contributed by atoms with Crippen molar-refractivity contribution in [1.82, 2.24) is 4.31 Å². The second-order valence-corrected chi connectivity index (χ2v) is 9.90. The zero-order valence-corrected chi connectivity index (χ0v) is 20.2. The number of ether oxygens (including phenoxy) is 2. The largest absolute Gasteiger partial charge is 0.497 e. The molecule has 0 spiro atoms. The monoisotopic (exact) mass is 494 g/mol. The molecular weight excluding hydrogens is 468 g/mol. The quantitative estimate of drug-likeness (QED) is 0.504. The van der Waals surface area contributed by atoms with E-state index in [-0.39, 0.29) is 24.5 Å². The third kappa shape index (κ3) is 5.21. The average Bonchev–Trinajstić information content (AvgIpc) is 2.88. The number of nitrogens with zero attached hydrogens (tertiary/aromatic N) is 1. The van der Waals surface area contributed by atoms with Crippen LogP contribution in [0.2, 0.25) is 0 Å². The molecule has 1 amide bonds. The van der Waals surface area contributed by atoms with Crippen molar-refractivity contribution >= 4 is 27.6 Å². The zero-order valence-electron chi connectivity index (χ0n) is 19.4. The molecule has 1 aliphatic heterocycles. The molecule has 0 aliphatic carbocycles. The van der Waals surface area contributed by atoms with Crippen LogP contribution in [0.25, 0.3) is 0 Å². The molecule has 0 bridgehead atoms. The van der Waals surface area contributed by atoms with Gasteiger partial charge in [0.1, 0.15) is 11.8 Å². The maximum absolute atomic E-state index is 13.6. The van der Waals surface area contributed by atoms with Gasteiger partial charge in [0.25, 0.3) is 0 Å². The zero-order chi connectivity index (χ0) is 25.0. The minimum absolute atomic E-state index is 0.0610. The highest BCUT2D eigenvalue weighted by molar-refractivity contribution is 7.89. The van der Waals surface area contributed by atoms with Crippen LogP contribution in [0.1, 0.15) is 28.4 Å². The number of carbonyl (C=O) groups is 2. The number of amides is 1. The Hall–Kier alpha value is -3.69. The fourth-order valence-electron chi connectivity index (χ4n) is 4.02. The molecule has 0 unspecified atom stereocenters. The van der Waals surface area contributed by atoms with E-state index < -0.39 is 27.9 Å². The summed E-state index contributed by atoms with van der Waals surface area (Å²) in [6.45, 7) is 2.00. The van der Waals surface area contributed by atoms with Gasteiger partial charge >= 0.3 is 5.97 Å². The van der Waals surface area contributed by atoms with E-state index >= 15 is 0 Å². The molecule has 182 valence electrons. The minimum Gasteiger partial charge on any atom is -0.497 e. The molecule has 1 atom stereocenters. The summed E-state index contributed by atoms with van der Waals surface area (Å²) in [7, 11) is -2.50. The molecule has 1 aliphatic rings. The Morgan fingerprint density at radius 3 is 2.40 bits per heavy atom. The highest BCUT2D eigenvalue weighted by Gasteiger charge is 2.39. The van der Waals surface area contributed by atoms with E-state index in [4.69, 9.17) is 9.47 Å². The maximum Gasteiger partial charge on any atom is 0.338 e. The predicted molar refractivity (Wildman–Crippen MR) is 131 cm³/mol. The maximum atomic E-state index is 13.6. The number of nitrogens with one attached hydrogen (secondary N) is 1. The van der Waals surface area contributed by atoms with Crippen LogP contribution in [-0.2, 0) is 32.5 Å². The second-order valence-electron chi connectivity index (χ2n) is 8.00. The summed E-state index contributed by atoms with van der Waals surface area (Å²) in [5, 5.41) is 2.78. The van der Waals surface area contributed by atoms with Gasteiger partial charge in [-0.15, -0.1) is 0 Å². The van der Waals surface area contributed by atoms with E-state index in [0.29, 0.717) is 17.0 Å². The van der Waals surface area contributed by atoms with Crippen molar-refractivity contribution in [2.45, 2.75) is 30.8 Å². The van der Waals surface area contributed by atoms with Crippen LogP contribution in [-0.4, -0.2) is 44.4 Å². The lowest BCUT2D eigenvalue weighted by atomic mass is 9.95. The summed E-state index contributed by atoms with van der Waals surface area (Å²) in [5.74, 6) is -0.458. The van der Waals surface area contributed by atoms with E-state index in [1.165, 1.54) is 29.6 Å². The Morgan fingerprint density at radius 1 is 1.00 bits per heavy atom. The van der Waals surface area contributed by atoms with E-state index in [0.717, 1.165) is 11.1 Å².